The number of aryl methyl sites for hydroxylation is 2. The molecular formula is C19H22N6O2. The summed E-state index contributed by atoms with van der Waals surface area (Å²) in [5, 5.41) is 3.05. The van der Waals surface area contributed by atoms with Gasteiger partial charge in [-0.25, -0.2) is 9.97 Å². The second-order valence-electron chi connectivity index (χ2n) is 7.33. The maximum Gasteiger partial charge on any atom is 0.274 e. The van der Waals surface area contributed by atoms with Crippen molar-refractivity contribution in [1.82, 2.24) is 30.2 Å². The summed E-state index contributed by atoms with van der Waals surface area (Å²) in [6.07, 6.45) is 9.63. The Kier molecular flexibility index (Phi) is 4.55. The van der Waals surface area contributed by atoms with Crippen molar-refractivity contribution in [2.24, 2.45) is 0 Å². The lowest BCUT2D eigenvalue weighted by molar-refractivity contribution is 0.0543. The number of carbonyl (C=O) groups is 2. The highest BCUT2D eigenvalue weighted by Crippen LogP contribution is 2.36. The number of hydrogen-bond acceptors (Lipinski definition) is 6. The van der Waals surface area contributed by atoms with E-state index in [-0.39, 0.29) is 29.9 Å². The van der Waals surface area contributed by atoms with Crippen molar-refractivity contribution in [3.8, 4) is 0 Å². The van der Waals surface area contributed by atoms with E-state index in [1.165, 1.54) is 6.20 Å². The van der Waals surface area contributed by atoms with E-state index in [0.29, 0.717) is 11.4 Å². The van der Waals surface area contributed by atoms with Crippen LogP contribution in [0.15, 0.2) is 24.8 Å². The molecule has 1 unspecified atom stereocenters. The van der Waals surface area contributed by atoms with Gasteiger partial charge in [-0.1, -0.05) is 0 Å². The number of piperidine rings is 1. The van der Waals surface area contributed by atoms with E-state index in [0.717, 1.165) is 37.1 Å². The molecule has 0 aromatic carbocycles. The zero-order valence-electron chi connectivity index (χ0n) is 15.4. The van der Waals surface area contributed by atoms with Gasteiger partial charge in [0.05, 0.1) is 23.8 Å². The first-order valence-electron chi connectivity index (χ1n) is 9.22. The molecule has 2 aromatic heterocycles. The van der Waals surface area contributed by atoms with E-state index < -0.39 is 0 Å². The molecule has 2 aliphatic heterocycles. The third-order valence-corrected chi connectivity index (χ3v) is 5.32. The van der Waals surface area contributed by atoms with Gasteiger partial charge in [0.15, 0.2) is 0 Å². The van der Waals surface area contributed by atoms with Gasteiger partial charge in [0, 0.05) is 30.5 Å². The summed E-state index contributed by atoms with van der Waals surface area (Å²) in [6, 6.07) is 0.272. The summed E-state index contributed by atoms with van der Waals surface area (Å²) in [6.45, 7) is 3.68. The maximum atomic E-state index is 12.9. The van der Waals surface area contributed by atoms with E-state index in [4.69, 9.17) is 0 Å². The fourth-order valence-electron chi connectivity index (χ4n) is 4.03. The van der Waals surface area contributed by atoms with Crippen molar-refractivity contribution in [3.05, 3.63) is 47.6 Å². The number of fused-ring (bicyclic) bond motifs is 2. The van der Waals surface area contributed by atoms with Gasteiger partial charge in [0.25, 0.3) is 11.8 Å². The Morgan fingerprint density at radius 2 is 1.44 bits per heavy atom. The molecule has 2 amide bonds. The Morgan fingerprint density at radius 1 is 0.889 bits per heavy atom. The predicted octanol–water partition coefficient (Wildman–Crippen LogP) is 1.45. The number of carbonyl (C=O) groups excluding carboxylic acids is 2. The SMILES string of the molecule is Cc1cnc(C(=O)NC2C[C@H]3CC[C@@H](C2)N3C(=O)c2cnc(C)cn2)cn1. The fourth-order valence-corrected chi connectivity index (χ4v) is 4.03. The minimum absolute atomic E-state index is 0.0336. The van der Waals surface area contributed by atoms with Crippen molar-refractivity contribution in [2.45, 2.75) is 57.7 Å². The van der Waals surface area contributed by atoms with Crippen LogP contribution < -0.4 is 5.32 Å². The first kappa shape index (κ1) is 17.5. The summed E-state index contributed by atoms with van der Waals surface area (Å²) in [5.74, 6) is -0.278. The number of hydrogen-bond donors (Lipinski definition) is 1. The van der Waals surface area contributed by atoms with Crippen molar-refractivity contribution in [1.29, 1.82) is 0 Å². The van der Waals surface area contributed by atoms with Crippen LogP contribution in [0.3, 0.4) is 0 Å². The molecule has 1 N–H and O–H groups in total. The second kappa shape index (κ2) is 7.02. The van der Waals surface area contributed by atoms with Gasteiger partial charge in [-0.2, -0.15) is 0 Å². The first-order valence-corrected chi connectivity index (χ1v) is 9.22. The van der Waals surface area contributed by atoms with Gasteiger partial charge in [-0.15, -0.1) is 0 Å². The molecule has 0 spiro atoms. The molecule has 27 heavy (non-hydrogen) atoms. The van der Waals surface area contributed by atoms with E-state index in [2.05, 4.69) is 25.3 Å². The van der Waals surface area contributed by atoms with E-state index >= 15 is 0 Å². The average Bonchev–Trinajstić information content (AvgIpc) is 2.93. The summed E-state index contributed by atoms with van der Waals surface area (Å²) in [7, 11) is 0. The Labute approximate surface area is 157 Å². The van der Waals surface area contributed by atoms with Crippen LogP contribution in [0, 0.1) is 13.8 Å². The van der Waals surface area contributed by atoms with Gasteiger partial charge in [-0.05, 0) is 39.5 Å². The Hall–Kier alpha value is -2.90. The molecule has 0 saturated carbocycles. The highest BCUT2D eigenvalue weighted by molar-refractivity contribution is 5.93. The minimum atomic E-state index is -0.212. The normalized spacial score (nSPS) is 23.9. The quantitative estimate of drug-likeness (QED) is 0.882. The molecule has 2 saturated heterocycles. The standard InChI is InChI=1S/C19H22N6O2/c1-11-7-22-16(9-20-11)18(26)24-13-5-14-3-4-15(6-13)25(14)19(27)17-10-21-12(2)8-23-17/h7-10,13-15H,3-6H2,1-2H3,(H,24,26)/t13?,14-,15+. The monoisotopic (exact) mass is 366 g/mol. The third-order valence-electron chi connectivity index (χ3n) is 5.32. The topological polar surface area (TPSA) is 101 Å². The summed E-state index contributed by atoms with van der Waals surface area (Å²) >= 11 is 0. The van der Waals surface area contributed by atoms with Crippen LogP contribution in [-0.2, 0) is 0 Å². The van der Waals surface area contributed by atoms with Crippen LogP contribution in [0.25, 0.3) is 0 Å². The lowest BCUT2D eigenvalue weighted by Gasteiger charge is -2.39. The van der Waals surface area contributed by atoms with Gasteiger partial charge in [0.2, 0.25) is 0 Å². The lowest BCUT2D eigenvalue weighted by atomic mass is 9.96. The molecular weight excluding hydrogens is 344 g/mol. The van der Waals surface area contributed by atoms with E-state index in [1.54, 1.807) is 18.6 Å². The van der Waals surface area contributed by atoms with Crippen LogP contribution in [0.1, 0.15) is 58.0 Å². The fraction of sp³-hybridized carbons (Fsp3) is 0.474. The number of nitrogens with one attached hydrogen (secondary N) is 1. The molecule has 3 atom stereocenters. The molecule has 2 aromatic rings. The number of aromatic nitrogens is 4. The third kappa shape index (κ3) is 3.51. The Morgan fingerprint density at radius 3 is 1.96 bits per heavy atom. The van der Waals surface area contributed by atoms with E-state index in [1.807, 2.05) is 18.7 Å². The maximum absolute atomic E-state index is 12.9. The van der Waals surface area contributed by atoms with Crippen molar-refractivity contribution >= 4 is 11.8 Å². The molecule has 0 aliphatic carbocycles. The van der Waals surface area contributed by atoms with Crippen LogP contribution in [-0.4, -0.2) is 54.8 Å². The lowest BCUT2D eigenvalue weighted by Crippen LogP contribution is -2.52. The summed E-state index contributed by atoms with van der Waals surface area (Å²) in [4.78, 5) is 43.9. The van der Waals surface area contributed by atoms with Crippen LogP contribution >= 0.6 is 0 Å². The average molecular weight is 366 g/mol. The molecule has 2 bridgehead atoms. The molecule has 4 heterocycles. The van der Waals surface area contributed by atoms with Crippen molar-refractivity contribution < 1.29 is 9.59 Å². The van der Waals surface area contributed by atoms with Gasteiger partial charge >= 0.3 is 0 Å². The van der Waals surface area contributed by atoms with Crippen molar-refractivity contribution in [2.75, 3.05) is 0 Å². The van der Waals surface area contributed by atoms with Crippen LogP contribution in [0.5, 0.6) is 0 Å². The van der Waals surface area contributed by atoms with Gasteiger partial charge < -0.3 is 10.2 Å². The predicted molar refractivity (Wildman–Crippen MR) is 97.0 cm³/mol. The number of rotatable bonds is 3. The number of amides is 2. The van der Waals surface area contributed by atoms with Crippen LogP contribution in [0.4, 0.5) is 0 Å². The zero-order chi connectivity index (χ0) is 19.0. The molecule has 8 nitrogen and oxygen atoms in total. The van der Waals surface area contributed by atoms with Gasteiger partial charge in [0.1, 0.15) is 11.4 Å². The summed E-state index contributed by atoms with van der Waals surface area (Å²) in [5.41, 5.74) is 2.27. The van der Waals surface area contributed by atoms with Crippen molar-refractivity contribution in [3.63, 3.8) is 0 Å². The molecule has 2 aliphatic rings. The minimum Gasteiger partial charge on any atom is -0.348 e. The first-order chi connectivity index (χ1) is 13.0. The van der Waals surface area contributed by atoms with E-state index in [9.17, 15) is 9.59 Å². The highest BCUT2D eigenvalue weighted by Gasteiger charge is 2.44. The Bertz CT molecular complexity index is 838. The molecule has 4 rings (SSSR count). The Balaban J connectivity index is 1.42. The highest BCUT2D eigenvalue weighted by atomic mass is 16.2. The molecule has 140 valence electrons. The second-order valence-corrected chi connectivity index (χ2v) is 7.33. The molecule has 8 heteroatoms. The summed E-state index contributed by atoms with van der Waals surface area (Å²) < 4.78 is 0. The smallest absolute Gasteiger partial charge is 0.274 e. The largest absolute Gasteiger partial charge is 0.348 e. The van der Waals surface area contributed by atoms with Gasteiger partial charge in [-0.3, -0.25) is 19.6 Å². The molecule has 2 fully saturated rings. The number of nitrogens with zero attached hydrogens (tertiary/aromatic N) is 5. The molecule has 0 radical (unpaired) electrons. The zero-order valence-corrected chi connectivity index (χ0v) is 15.4. The van der Waals surface area contributed by atoms with Crippen LogP contribution in [0.2, 0.25) is 0 Å².